The molecule has 0 aliphatic carbocycles. The van der Waals surface area contributed by atoms with Gasteiger partial charge >= 0.3 is 0 Å². The number of aromatic amines is 1. The maximum absolute atomic E-state index is 11.9. The van der Waals surface area contributed by atoms with Crippen LogP contribution in [0.1, 0.15) is 18.4 Å². The molecule has 2 aromatic rings. The van der Waals surface area contributed by atoms with Crippen molar-refractivity contribution in [3.8, 4) is 0 Å². The molecular weight excluding hydrogens is 254 g/mol. The summed E-state index contributed by atoms with van der Waals surface area (Å²) in [5, 5.41) is 12.6. The highest BCUT2D eigenvalue weighted by Gasteiger charge is 2.15. The molecule has 0 fully saturated rings. The van der Waals surface area contributed by atoms with Gasteiger partial charge < -0.3 is 21.1 Å². The van der Waals surface area contributed by atoms with Gasteiger partial charge in [0.25, 0.3) is 0 Å². The lowest BCUT2D eigenvalue weighted by molar-refractivity contribution is -0.122. The summed E-state index contributed by atoms with van der Waals surface area (Å²) in [5.41, 5.74) is 8.05. The van der Waals surface area contributed by atoms with E-state index in [1.807, 2.05) is 30.5 Å². The van der Waals surface area contributed by atoms with Crippen molar-refractivity contribution >= 4 is 16.8 Å². The number of unbranched alkanes of at least 4 members (excludes halogenated alkanes) is 1. The summed E-state index contributed by atoms with van der Waals surface area (Å²) in [6, 6.07) is 7.41. The Bertz CT molecular complexity index is 565. The van der Waals surface area contributed by atoms with Crippen LogP contribution < -0.4 is 11.1 Å². The minimum absolute atomic E-state index is 0.145. The Labute approximate surface area is 118 Å². The van der Waals surface area contributed by atoms with Gasteiger partial charge in [-0.25, -0.2) is 0 Å². The molecule has 0 spiro atoms. The number of rotatable bonds is 7. The van der Waals surface area contributed by atoms with E-state index in [2.05, 4.69) is 10.3 Å². The Balaban J connectivity index is 1.90. The van der Waals surface area contributed by atoms with Gasteiger partial charge in [0, 0.05) is 30.3 Å². The maximum atomic E-state index is 11.9. The molecule has 1 amide bonds. The SMILES string of the molecule is N[C@@H](Cc1c[nH]c2ccccc12)C(=O)NCCCCO. The molecule has 20 heavy (non-hydrogen) atoms. The second kappa shape index (κ2) is 7.07. The lowest BCUT2D eigenvalue weighted by Gasteiger charge is -2.11. The van der Waals surface area contributed by atoms with E-state index in [9.17, 15) is 4.79 Å². The van der Waals surface area contributed by atoms with Crippen LogP contribution in [0.3, 0.4) is 0 Å². The van der Waals surface area contributed by atoms with Crippen LogP contribution in [-0.4, -0.2) is 35.2 Å². The molecule has 5 N–H and O–H groups in total. The summed E-state index contributed by atoms with van der Waals surface area (Å²) in [7, 11) is 0. The van der Waals surface area contributed by atoms with Gasteiger partial charge in [-0.1, -0.05) is 18.2 Å². The highest BCUT2D eigenvalue weighted by atomic mass is 16.2. The first-order valence-corrected chi connectivity index (χ1v) is 6.91. The third-order valence-corrected chi connectivity index (χ3v) is 3.34. The van der Waals surface area contributed by atoms with Crippen molar-refractivity contribution in [1.82, 2.24) is 10.3 Å². The van der Waals surface area contributed by atoms with Gasteiger partial charge in [-0.15, -0.1) is 0 Å². The molecule has 2 rings (SSSR count). The molecule has 1 aromatic heterocycles. The van der Waals surface area contributed by atoms with Crippen molar-refractivity contribution in [2.75, 3.05) is 13.2 Å². The predicted octanol–water partition coefficient (Wildman–Crippen LogP) is 0.926. The first-order chi connectivity index (χ1) is 9.72. The number of H-pyrrole nitrogens is 1. The topological polar surface area (TPSA) is 91.1 Å². The van der Waals surface area contributed by atoms with Crippen LogP contribution in [0, 0.1) is 0 Å². The van der Waals surface area contributed by atoms with Gasteiger partial charge in [0.1, 0.15) is 0 Å². The molecule has 0 radical (unpaired) electrons. The molecule has 0 aliphatic heterocycles. The normalized spacial score (nSPS) is 12.5. The summed E-state index contributed by atoms with van der Waals surface area (Å²) in [4.78, 5) is 15.0. The standard InChI is InChI=1S/C15H21N3O2/c16-13(15(20)17-7-3-4-8-19)9-11-10-18-14-6-2-1-5-12(11)14/h1-2,5-6,10,13,18-19H,3-4,7-9,16H2,(H,17,20)/t13-/m0/s1. The van der Waals surface area contributed by atoms with Gasteiger partial charge in [0.15, 0.2) is 0 Å². The minimum atomic E-state index is -0.552. The monoisotopic (exact) mass is 275 g/mol. The Morgan fingerprint density at radius 2 is 2.15 bits per heavy atom. The van der Waals surface area contributed by atoms with Gasteiger partial charge in [0.05, 0.1) is 6.04 Å². The fourth-order valence-corrected chi connectivity index (χ4v) is 2.21. The third kappa shape index (κ3) is 3.59. The van der Waals surface area contributed by atoms with Gasteiger partial charge in [-0.2, -0.15) is 0 Å². The molecule has 0 saturated heterocycles. The number of para-hydroxylation sites is 1. The number of amides is 1. The number of aliphatic hydroxyl groups excluding tert-OH is 1. The molecular formula is C15H21N3O2. The van der Waals surface area contributed by atoms with Crippen molar-refractivity contribution in [2.24, 2.45) is 5.73 Å². The van der Waals surface area contributed by atoms with Gasteiger partial charge in [-0.3, -0.25) is 4.79 Å². The lowest BCUT2D eigenvalue weighted by Crippen LogP contribution is -2.42. The summed E-state index contributed by atoms with van der Waals surface area (Å²) in [6.45, 7) is 0.707. The Morgan fingerprint density at radius 3 is 2.95 bits per heavy atom. The van der Waals surface area contributed by atoms with E-state index in [1.165, 1.54) is 0 Å². The smallest absolute Gasteiger partial charge is 0.237 e. The van der Waals surface area contributed by atoms with E-state index in [1.54, 1.807) is 0 Å². The molecule has 1 aromatic carbocycles. The Kier molecular flexibility index (Phi) is 5.15. The highest BCUT2D eigenvalue weighted by Crippen LogP contribution is 2.18. The minimum Gasteiger partial charge on any atom is -0.396 e. The fourth-order valence-electron chi connectivity index (χ4n) is 2.21. The second-order valence-electron chi connectivity index (χ2n) is 4.89. The zero-order valence-corrected chi connectivity index (χ0v) is 11.4. The van der Waals surface area contributed by atoms with E-state index in [0.717, 1.165) is 22.9 Å². The van der Waals surface area contributed by atoms with Crippen LogP contribution in [0.2, 0.25) is 0 Å². The zero-order valence-electron chi connectivity index (χ0n) is 11.4. The van der Waals surface area contributed by atoms with Crippen LogP contribution in [0.25, 0.3) is 10.9 Å². The number of nitrogens with two attached hydrogens (primary N) is 1. The number of benzene rings is 1. The van der Waals surface area contributed by atoms with Crippen LogP contribution in [0.15, 0.2) is 30.5 Å². The third-order valence-electron chi connectivity index (χ3n) is 3.34. The van der Waals surface area contributed by atoms with Crippen molar-refractivity contribution in [2.45, 2.75) is 25.3 Å². The lowest BCUT2D eigenvalue weighted by atomic mass is 10.1. The number of aliphatic hydroxyl groups is 1. The van der Waals surface area contributed by atoms with E-state index in [-0.39, 0.29) is 12.5 Å². The molecule has 5 heteroatoms. The molecule has 108 valence electrons. The van der Waals surface area contributed by atoms with E-state index < -0.39 is 6.04 Å². The highest BCUT2D eigenvalue weighted by molar-refractivity contribution is 5.86. The summed E-state index contributed by atoms with van der Waals surface area (Å²) >= 11 is 0. The molecule has 0 unspecified atom stereocenters. The van der Waals surface area contributed by atoms with Crippen LogP contribution in [-0.2, 0) is 11.2 Å². The Morgan fingerprint density at radius 1 is 1.35 bits per heavy atom. The molecule has 1 atom stereocenters. The van der Waals surface area contributed by atoms with Crippen molar-refractivity contribution in [1.29, 1.82) is 0 Å². The van der Waals surface area contributed by atoms with E-state index in [4.69, 9.17) is 10.8 Å². The van der Waals surface area contributed by atoms with Gasteiger partial charge in [0.2, 0.25) is 5.91 Å². The van der Waals surface area contributed by atoms with Crippen LogP contribution in [0.5, 0.6) is 0 Å². The average molecular weight is 275 g/mol. The molecule has 0 saturated carbocycles. The first-order valence-electron chi connectivity index (χ1n) is 6.91. The number of aromatic nitrogens is 1. The average Bonchev–Trinajstić information content (AvgIpc) is 2.87. The molecule has 0 bridgehead atoms. The predicted molar refractivity (Wildman–Crippen MR) is 79.3 cm³/mol. The summed E-state index contributed by atoms with van der Waals surface area (Å²) in [5.74, 6) is -0.145. The van der Waals surface area contributed by atoms with Crippen molar-refractivity contribution < 1.29 is 9.90 Å². The summed E-state index contributed by atoms with van der Waals surface area (Å²) in [6.07, 6.45) is 3.87. The van der Waals surface area contributed by atoms with E-state index in [0.29, 0.717) is 19.4 Å². The number of carbonyl (C=O) groups excluding carboxylic acids is 1. The molecule has 0 aliphatic rings. The van der Waals surface area contributed by atoms with Crippen LogP contribution in [0.4, 0.5) is 0 Å². The number of hydrogen-bond acceptors (Lipinski definition) is 3. The van der Waals surface area contributed by atoms with Crippen LogP contribution >= 0.6 is 0 Å². The maximum Gasteiger partial charge on any atom is 0.237 e. The molecule has 1 heterocycles. The quantitative estimate of drug-likeness (QED) is 0.566. The summed E-state index contributed by atoms with van der Waals surface area (Å²) < 4.78 is 0. The van der Waals surface area contributed by atoms with Crippen molar-refractivity contribution in [3.05, 3.63) is 36.0 Å². The van der Waals surface area contributed by atoms with Crippen molar-refractivity contribution in [3.63, 3.8) is 0 Å². The number of carbonyl (C=O) groups is 1. The number of nitrogens with one attached hydrogen (secondary N) is 2. The number of fused-ring (bicyclic) bond motifs is 1. The molecule has 5 nitrogen and oxygen atoms in total. The fraction of sp³-hybridized carbons (Fsp3) is 0.400. The second-order valence-corrected chi connectivity index (χ2v) is 4.89. The van der Waals surface area contributed by atoms with Gasteiger partial charge in [-0.05, 0) is 30.9 Å². The zero-order chi connectivity index (χ0) is 14.4. The largest absolute Gasteiger partial charge is 0.396 e. The number of hydrogen-bond donors (Lipinski definition) is 4. The van der Waals surface area contributed by atoms with E-state index >= 15 is 0 Å². The first kappa shape index (κ1) is 14.6. The Hall–Kier alpha value is -1.85.